The first-order valence-electron chi connectivity index (χ1n) is 10.3. The third-order valence-electron chi connectivity index (χ3n) is 4.59. The van der Waals surface area contributed by atoms with Gasteiger partial charge in [-0.1, -0.05) is 64.7 Å². The molecule has 0 N–H and O–H groups in total. The van der Waals surface area contributed by atoms with E-state index in [2.05, 4.69) is 28.1 Å². The summed E-state index contributed by atoms with van der Waals surface area (Å²) in [5.41, 5.74) is 0. The maximum atomic E-state index is 11.8. The van der Waals surface area contributed by atoms with Gasteiger partial charge in [0.2, 0.25) is 0 Å². The molecule has 0 aromatic carbocycles. The van der Waals surface area contributed by atoms with Crippen molar-refractivity contribution in [2.45, 2.75) is 103 Å². The number of hydrogen-bond acceptors (Lipinski definition) is 1. The number of ketones is 1. The van der Waals surface area contributed by atoms with Crippen LogP contribution < -0.4 is 17.0 Å². The van der Waals surface area contributed by atoms with Crippen LogP contribution >= 0.6 is 0 Å². The maximum absolute atomic E-state index is 11.8. The Morgan fingerprint density at radius 1 is 0.625 bits per heavy atom. The molecule has 2 nitrogen and oxygen atoms in total. The molecule has 0 radical (unpaired) electrons. The summed E-state index contributed by atoms with van der Waals surface area (Å²) in [5, 5.41) is 0. The molecular formula is C21H44BrNO. The molecule has 0 aliphatic heterocycles. The molecule has 0 unspecified atom stereocenters. The van der Waals surface area contributed by atoms with E-state index in [1.165, 1.54) is 77.2 Å². The molecule has 0 saturated carbocycles. The predicted molar refractivity (Wildman–Crippen MR) is 103 cm³/mol. The van der Waals surface area contributed by atoms with Crippen LogP contribution in [0.5, 0.6) is 0 Å². The SMILES string of the molecule is CCCCCCCCCCC(=O)CCCCCCC[N+](C)(C)C.[Br-]. The predicted octanol–water partition coefficient (Wildman–Crippen LogP) is 3.14. The topological polar surface area (TPSA) is 17.1 Å². The molecule has 0 fully saturated rings. The average Bonchev–Trinajstić information content (AvgIpc) is 2.48. The Kier molecular flexibility index (Phi) is 19.7. The van der Waals surface area contributed by atoms with Crippen molar-refractivity contribution in [3.05, 3.63) is 0 Å². The summed E-state index contributed by atoms with van der Waals surface area (Å²) in [7, 11) is 6.76. The lowest BCUT2D eigenvalue weighted by Gasteiger charge is -2.23. The van der Waals surface area contributed by atoms with E-state index in [4.69, 9.17) is 0 Å². The van der Waals surface area contributed by atoms with Crippen LogP contribution in [0.4, 0.5) is 0 Å². The minimum atomic E-state index is 0. The zero-order valence-electron chi connectivity index (χ0n) is 17.0. The summed E-state index contributed by atoms with van der Waals surface area (Å²) in [4.78, 5) is 11.8. The van der Waals surface area contributed by atoms with Crippen molar-refractivity contribution < 1.29 is 26.3 Å². The van der Waals surface area contributed by atoms with Crippen LogP contribution in [0.2, 0.25) is 0 Å². The Bertz CT molecular complexity index is 274. The highest BCUT2D eigenvalue weighted by atomic mass is 79.9. The monoisotopic (exact) mass is 405 g/mol. The fraction of sp³-hybridized carbons (Fsp3) is 0.952. The Hall–Kier alpha value is 0.110. The minimum absolute atomic E-state index is 0. The van der Waals surface area contributed by atoms with Gasteiger partial charge in [0.25, 0.3) is 0 Å². The fourth-order valence-electron chi connectivity index (χ4n) is 3.02. The van der Waals surface area contributed by atoms with Gasteiger partial charge in [-0.05, 0) is 25.7 Å². The number of carbonyl (C=O) groups is 1. The molecule has 0 atom stereocenters. The van der Waals surface area contributed by atoms with E-state index in [1.54, 1.807) is 0 Å². The van der Waals surface area contributed by atoms with Crippen molar-refractivity contribution >= 4 is 5.78 Å². The molecule has 0 aliphatic rings. The van der Waals surface area contributed by atoms with Crippen molar-refractivity contribution in [1.82, 2.24) is 0 Å². The number of carbonyl (C=O) groups excluding carboxylic acids is 1. The Morgan fingerprint density at radius 3 is 1.42 bits per heavy atom. The molecule has 0 aromatic rings. The number of hydrogen-bond donors (Lipinski definition) is 0. The van der Waals surface area contributed by atoms with E-state index in [9.17, 15) is 4.79 Å². The van der Waals surface area contributed by atoms with Gasteiger partial charge in [0, 0.05) is 12.8 Å². The van der Waals surface area contributed by atoms with Crippen LogP contribution in [0.25, 0.3) is 0 Å². The lowest BCUT2D eigenvalue weighted by Crippen LogP contribution is -3.00. The molecule has 24 heavy (non-hydrogen) atoms. The summed E-state index contributed by atoms with van der Waals surface area (Å²) in [6.07, 6.45) is 18.5. The number of quaternary nitrogens is 1. The van der Waals surface area contributed by atoms with E-state index in [0.717, 1.165) is 30.2 Å². The highest BCUT2D eigenvalue weighted by Crippen LogP contribution is 2.12. The second-order valence-electron chi connectivity index (χ2n) is 8.30. The van der Waals surface area contributed by atoms with Crippen molar-refractivity contribution in [3.8, 4) is 0 Å². The number of Topliss-reactive ketones (excluding diaryl/α,β-unsaturated/α-hetero) is 1. The molecule has 0 heterocycles. The van der Waals surface area contributed by atoms with E-state index < -0.39 is 0 Å². The van der Waals surface area contributed by atoms with Crippen LogP contribution in [0.3, 0.4) is 0 Å². The summed E-state index contributed by atoms with van der Waals surface area (Å²) < 4.78 is 1.07. The summed E-state index contributed by atoms with van der Waals surface area (Å²) in [5.74, 6) is 0.502. The molecule has 146 valence electrons. The highest BCUT2D eigenvalue weighted by Gasteiger charge is 2.05. The molecule has 0 aliphatic carbocycles. The molecule has 0 rings (SSSR count). The van der Waals surface area contributed by atoms with Gasteiger partial charge in [0.05, 0.1) is 27.7 Å². The standard InChI is InChI=1S/C21H44NO.BrH/c1-5-6-7-8-9-10-12-15-18-21(23)19-16-13-11-14-17-20-22(2,3)4;/h5-20H2,1-4H3;1H/q+1;/p-1. The van der Waals surface area contributed by atoms with Gasteiger partial charge < -0.3 is 21.5 Å². The van der Waals surface area contributed by atoms with Crippen LogP contribution in [0.1, 0.15) is 103 Å². The van der Waals surface area contributed by atoms with E-state index in [1.807, 2.05) is 0 Å². The van der Waals surface area contributed by atoms with Crippen LogP contribution in [0, 0.1) is 0 Å². The second-order valence-corrected chi connectivity index (χ2v) is 8.30. The molecule has 0 saturated heterocycles. The highest BCUT2D eigenvalue weighted by molar-refractivity contribution is 5.78. The van der Waals surface area contributed by atoms with Crippen LogP contribution in [-0.4, -0.2) is 38.0 Å². The van der Waals surface area contributed by atoms with Gasteiger partial charge in [0.1, 0.15) is 5.78 Å². The van der Waals surface area contributed by atoms with E-state index in [0.29, 0.717) is 5.78 Å². The van der Waals surface area contributed by atoms with E-state index in [-0.39, 0.29) is 17.0 Å². The van der Waals surface area contributed by atoms with Gasteiger partial charge in [-0.25, -0.2) is 0 Å². The minimum Gasteiger partial charge on any atom is -1.00 e. The zero-order valence-corrected chi connectivity index (χ0v) is 18.6. The van der Waals surface area contributed by atoms with E-state index >= 15 is 0 Å². The lowest BCUT2D eigenvalue weighted by molar-refractivity contribution is -0.870. The first-order chi connectivity index (χ1) is 11.0. The van der Waals surface area contributed by atoms with Gasteiger partial charge >= 0.3 is 0 Å². The van der Waals surface area contributed by atoms with Crippen LogP contribution in [-0.2, 0) is 4.79 Å². The number of rotatable bonds is 17. The Balaban J connectivity index is 0. The molecule has 0 spiro atoms. The normalized spacial score (nSPS) is 11.3. The van der Waals surface area contributed by atoms with Gasteiger partial charge in [-0.3, -0.25) is 4.79 Å². The van der Waals surface area contributed by atoms with Gasteiger partial charge in [0.15, 0.2) is 0 Å². The number of halogens is 1. The third kappa shape index (κ3) is 22.1. The molecule has 0 aromatic heterocycles. The summed E-state index contributed by atoms with van der Waals surface area (Å²) >= 11 is 0. The fourth-order valence-corrected chi connectivity index (χ4v) is 3.02. The molecule has 0 bridgehead atoms. The number of nitrogens with zero attached hydrogens (tertiary/aromatic N) is 1. The zero-order chi connectivity index (χ0) is 17.4. The van der Waals surface area contributed by atoms with Crippen molar-refractivity contribution in [2.24, 2.45) is 0 Å². The average molecular weight is 406 g/mol. The Morgan fingerprint density at radius 2 is 1.00 bits per heavy atom. The van der Waals surface area contributed by atoms with Crippen LogP contribution in [0.15, 0.2) is 0 Å². The molecule has 3 heteroatoms. The second kappa shape index (κ2) is 17.9. The number of unbranched alkanes of at least 4 members (excludes halogenated alkanes) is 11. The smallest absolute Gasteiger partial charge is 0.132 e. The quantitative estimate of drug-likeness (QED) is 0.268. The molecule has 0 amide bonds. The Labute approximate surface area is 163 Å². The molecular weight excluding hydrogens is 362 g/mol. The lowest BCUT2D eigenvalue weighted by atomic mass is 10.0. The summed E-state index contributed by atoms with van der Waals surface area (Å²) in [6.45, 7) is 3.52. The van der Waals surface area contributed by atoms with Crippen molar-refractivity contribution in [2.75, 3.05) is 27.7 Å². The maximum Gasteiger partial charge on any atom is 0.132 e. The van der Waals surface area contributed by atoms with Gasteiger partial charge in [-0.15, -0.1) is 0 Å². The van der Waals surface area contributed by atoms with Crippen molar-refractivity contribution in [3.63, 3.8) is 0 Å². The summed E-state index contributed by atoms with van der Waals surface area (Å²) in [6, 6.07) is 0. The largest absolute Gasteiger partial charge is 1.00 e. The first-order valence-corrected chi connectivity index (χ1v) is 10.3. The first kappa shape index (κ1) is 26.3. The van der Waals surface area contributed by atoms with Crippen molar-refractivity contribution in [1.29, 1.82) is 0 Å². The third-order valence-corrected chi connectivity index (χ3v) is 4.59. The van der Waals surface area contributed by atoms with Gasteiger partial charge in [-0.2, -0.15) is 0 Å².